The fourth-order valence-corrected chi connectivity index (χ4v) is 2.53. The van der Waals surface area contributed by atoms with E-state index in [4.69, 9.17) is 16.3 Å². The van der Waals surface area contributed by atoms with Crippen LogP contribution in [0.15, 0.2) is 42.5 Å². The maximum absolute atomic E-state index is 6.18. The van der Waals surface area contributed by atoms with Crippen LogP contribution < -0.4 is 10.1 Å². The number of benzene rings is 2. The van der Waals surface area contributed by atoms with Crippen LogP contribution in [-0.2, 0) is 6.42 Å². The van der Waals surface area contributed by atoms with E-state index in [1.165, 1.54) is 11.1 Å². The van der Waals surface area contributed by atoms with Crippen molar-refractivity contribution in [1.29, 1.82) is 0 Å². The molecule has 1 unspecified atom stereocenters. The summed E-state index contributed by atoms with van der Waals surface area (Å²) >= 11 is 6.18. The summed E-state index contributed by atoms with van der Waals surface area (Å²) in [4.78, 5) is 0. The van der Waals surface area contributed by atoms with Gasteiger partial charge in [-0.1, -0.05) is 48.9 Å². The highest BCUT2D eigenvalue weighted by Gasteiger charge is 2.22. The molecule has 3 rings (SSSR count). The number of ether oxygens (including phenoxy) is 1. The van der Waals surface area contributed by atoms with Gasteiger partial charge in [-0.2, -0.15) is 0 Å². The topological polar surface area (TPSA) is 21.3 Å². The van der Waals surface area contributed by atoms with Crippen molar-refractivity contribution >= 4 is 17.3 Å². The van der Waals surface area contributed by atoms with Crippen LogP contribution in [0.5, 0.6) is 5.75 Å². The molecule has 98 valence electrons. The lowest BCUT2D eigenvalue weighted by atomic mass is 10.0. The minimum atomic E-state index is 0.0123. The van der Waals surface area contributed by atoms with Crippen LogP contribution in [0.4, 0.5) is 5.69 Å². The fourth-order valence-electron chi connectivity index (χ4n) is 2.31. The van der Waals surface area contributed by atoms with Crippen molar-refractivity contribution < 1.29 is 4.74 Å². The predicted molar refractivity (Wildman–Crippen MR) is 79.1 cm³/mol. The smallest absolute Gasteiger partial charge is 0.161 e. The number of hydrogen-bond acceptors (Lipinski definition) is 2. The number of rotatable bonds is 2. The molecule has 0 aliphatic carbocycles. The molecule has 0 radical (unpaired) electrons. The Morgan fingerprint density at radius 3 is 2.74 bits per heavy atom. The molecule has 19 heavy (non-hydrogen) atoms. The molecule has 0 saturated heterocycles. The third-order valence-corrected chi connectivity index (χ3v) is 3.76. The Bertz CT molecular complexity index is 580. The summed E-state index contributed by atoms with van der Waals surface area (Å²) in [5.74, 6) is 0.750. The zero-order valence-corrected chi connectivity index (χ0v) is 11.6. The number of fused-ring (bicyclic) bond motifs is 1. The molecule has 0 amide bonds. The van der Waals surface area contributed by atoms with E-state index in [1.807, 2.05) is 18.2 Å². The van der Waals surface area contributed by atoms with Crippen molar-refractivity contribution in [3.8, 4) is 5.75 Å². The molecule has 0 fully saturated rings. The van der Waals surface area contributed by atoms with Crippen molar-refractivity contribution in [3.63, 3.8) is 0 Å². The fraction of sp³-hybridized carbons (Fsp3) is 0.250. The summed E-state index contributed by atoms with van der Waals surface area (Å²) in [6, 6.07) is 14.3. The molecule has 0 bridgehead atoms. The average molecular weight is 274 g/mol. The Kier molecular flexibility index (Phi) is 3.34. The molecule has 1 heterocycles. The Labute approximate surface area is 118 Å². The van der Waals surface area contributed by atoms with Gasteiger partial charge < -0.3 is 10.1 Å². The summed E-state index contributed by atoms with van der Waals surface area (Å²) in [7, 11) is 0. The largest absolute Gasteiger partial charge is 0.480 e. The van der Waals surface area contributed by atoms with Gasteiger partial charge in [-0.25, -0.2) is 0 Å². The quantitative estimate of drug-likeness (QED) is 0.873. The van der Waals surface area contributed by atoms with Crippen LogP contribution in [0.25, 0.3) is 0 Å². The van der Waals surface area contributed by atoms with Gasteiger partial charge in [-0.05, 0) is 29.7 Å². The van der Waals surface area contributed by atoms with Crippen molar-refractivity contribution in [3.05, 3.63) is 58.6 Å². The predicted octanol–water partition coefficient (Wildman–Crippen LogP) is 4.45. The van der Waals surface area contributed by atoms with E-state index < -0.39 is 0 Å². The molecule has 2 nitrogen and oxygen atoms in total. The average Bonchev–Trinajstić information content (AvgIpc) is 2.47. The molecule has 0 aromatic heterocycles. The van der Waals surface area contributed by atoms with E-state index in [1.54, 1.807) is 0 Å². The molecule has 3 heteroatoms. The number of para-hydroxylation sites is 1. The van der Waals surface area contributed by atoms with Gasteiger partial charge in [0.25, 0.3) is 0 Å². The second-order valence-electron chi connectivity index (χ2n) is 4.70. The van der Waals surface area contributed by atoms with Gasteiger partial charge in [0.2, 0.25) is 0 Å². The summed E-state index contributed by atoms with van der Waals surface area (Å²) in [6.45, 7) is 2.92. The lowest BCUT2D eigenvalue weighted by Crippen LogP contribution is -2.23. The van der Waals surface area contributed by atoms with E-state index >= 15 is 0 Å². The van der Waals surface area contributed by atoms with Crippen LogP contribution in [0.3, 0.4) is 0 Å². The molecular weight excluding hydrogens is 258 g/mol. The molecule has 0 spiro atoms. The Morgan fingerprint density at radius 1 is 1.21 bits per heavy atom. The highest BCUT2D eigenvalue weighted by Crippen LogP contribution is 2.39. The van der Waals surface area contributed by atoms with Gasteiger partial charge in [0.1, 0.15) is 6.10 Å². The normalized spacial score (nSPS) is 17.3. The second kappa shape index (κ2) is 5.14. The Balaban J connectivity index is 1.86. The monoisotopic (exact) mass is 273 g/mol. The number of anilines is 1. The van der Waals surface area contributed by atoms with Gasteiger partial charge in [0.15, 0.2) is 5.75 Å². The van der Waals surface area contributed by atoms with Crippen LogP contribution in [0, 0.1) is 0 Å². The van der Waals surface area contributed by atoms with E-state index in [9.17, 15) is 0 Å². The van der Waals surface area contributed by atoms with Gasteiger partial charge in [0, 0.05) is 0 Å². The van der Waals surface area contributed by atoms with Crippen molar-refractivity contribution in [2.75, 3.05) is 11.9 Å². The molecule has 1 atom stereocenters. The zero-order valence-electron chi connectivity index (χ0n) is 10.8. The molecular formula is C16H16ClNO. The van der Waals surface area contributed by atoms with Crippen LogP contribution >= 0.6 is 11.6 Å². The maximum Gasteiger partial charge on any atom is 0.161 e. The standard InChI is InChI=1S/C16H16ClNO/c1-2-11-6-8-12(9-7-11)15-10-18-14-5-3-4-13(17)16(14)19-15/h3-9,15,18H,2,10H2,1H3. The first-order valence-electron chi connectivity index (χ1n) is 6.56. The Morgan fingerprint density at radius 2 is 2.00 bits per heavy atom. The highest BCUT2D eigenvalue weighted by molar-refractivity contribution is 6.32. The SMILES string of the molecule is CCc1ccc(C2CNc3cccc(Cl)c3O2)cc1. The van der Waals surface area contributed by atoms with E-state index in [2.05, 4.69) is 36.5 Å². The van der Waals surface area contributed by atoms with Gasteiger partial charge in [-0.15, -0.1) is 0 Å². The molecule has 2 aromatic rings. The van der Waals surface area contributed by atoms with Crippen LogP contribution in [-0.4, -0.2) is 6.54 Å². The molecule has 0 saturated carbocycles. The van der Waals surface area contributed by atoms with E-state index in [0.717, 1.165) is 24.4 Å². The first-order chi connectivity index (χ1) is 9.28. The van der Waals surface area contributed by atoms with Crippen molar-refractivity contribution in [2.45, 2.75) is 19.4 Å². The molecule has 1 aliphatic heterocycles. The molecule has 2 aromatic carbocycles. The molecule has 1 N–H and O–H groups in total. The molecule has 1 aliphatic rings. The second-order valence-corrected chi connectivity index (χ2v) is 5.11. The number of hydrogen-bond donors (Lipinski definition) is 1. The summed E-state index contributed by atoms with van der Waals surface area (Å²) in [5.41, 5.74) is 3.48. The summed E-state index contributed by atoms with van der Waals surface area (Å²) in [5, 5.41) is 4.02. The van der Waals surface area contributed by atoms with Crippen LogP contribution in [0.2, 0.25) is 5.02 Å². The minimum absolute atomic E-state index is 0.0123. The van der Waals surface area contributed by atoms with Crippen molar-refractivity contribution in [1.82, 2.24) is 0 Å². The van der Waals surface area contributed by atoms with Crippen LogP contribution in [0.1, 0.15) is 24.2 Å². The third kappa shape index (κ3) is 2.41. The maximum atomic E-state index is 6.18. The first kappa shape index (κ1) is 12.4. The van der Waals surface area contributed by atoms with E-state index in [0.29, 0.717) is 5.02 Å². The lowest BCUT2D eigenvalue weighted by Gasteiger charge is -2.28. The Hall–Kier alpha value is -1.67. The van der Waals surface area contributed by atoms with E-state index in [-0.39, 0.29) is 6.10 Å². The number of halogens is 1. The summed E-state index contributed by atoms with van der Waals surface area (Å²) in [6.07, 6.45) is 1.07. The zero-order chi connectivity index (χ0) is 13.2. The minimum Gasteiger partial charge on any atom is -0.480 e. The van der Waals surface area contributed by atoms with Gasteiger partial charge in [-0.3, -0.25) is 0 Å². The highest BCUT2D eigenvalue weighted by atomic mass is 35.5. The lowest BCUT2D eigenvalue weighted by molar-refractivity contribution is 0.210. The first-order valence-corrected chi connectivity index (χ1v) is 6.93. The van der Waals surface area contributed by atoms with Gasteiger partial charge >= 0.3 is 0 Å². The third-order valence-electron chi connectivity index (χ3n) is 3.46. The number of aryl methyl sites for hydroxylation is 1. The van der Waals surface area contributed by atoms with Gasteiger partial charge in [0.05, 0.1) is 17.3 Å². The van der Waals surface area contributed by atoms with Crippen molar-refractivity contribution in [2.24, 2.45) is 0 Å². The number of nitrogens with one attached hydrogen (secondary N) is 1. The summed E-state index contributed by atoms with van der Waals surface area (Å²) < 4.78 is 6.03.